The average Bonchev–Trinajstić information content (AvgIpc) is 3.49. The van der Waals surface area contributed by atoms with Gasteiger partial charge in [-0.1, -0.05) is 30.3 Å². The van der Waals surface area contributed by atoms with Crippen LogP contribution in [0.15, 0.2) is 85.2 Å². The summed E-state index contributed by atoms with van der Waals surface area (Å²) >= 11 is 0. The molecule has 0 bridgehead atoms. The first-order valence-corrected chi connectivity index (χ1v) is 10.7. The molecule has 3 heterocycles. The van der Waals surface area contributed by atoms with E-state index in [4.69, 9.17) is 9.57 Å². The minimum Gasteiger partial charge on any atom is -0.497 e. The second-order valence-electron chi connectivity index (χ2n) is 7.81. The summed E-state index contributed by atoms with van der Waals surface area (Å²) in [5.41, 5.74) is 7.43. The van der Waals surface area contributed by atoms with Crippen molar-refractivity contribution >= 4 is 22.5 Å². The van der Waals surface area contributed by atoms with E-state index >= 15 is 0 Å². The number of pyridine rings is 1. The van der Waals surface area contributed by atoms with Crippen molar-refractivity contribution in [1.29, 1.82) is 0 Å². The summed E-state index contributed by atoms with van der Waals surface area (Å²) < 4.78 is 7.39. The van der Waals surface area contributed by atoms with Crippen LogP contribution in [-0.4, -0.2) is 35.2 Å². The minimum atomic E-state index is -0.270. The van der Waals surface area contributed by atoms with Crippen LogP contribution in [0.4, 0.5) is 0 Å². The highest BCUT2D eigenvalue weighted by Gasteiger charge is 2.21. The number of aromatic nitrogens is 2. The molecule has 0 radical (unpaired) electrons. The lowest BCUT2D eigenvalue weighted by atomic mass is 10.2. The third-order valence-electron chi connectivity index (χ3n) is 5.65. The van der Waals surface area contributed by atoms with Gasteiger partial charge in [-0.25, -0.2) is 0 Å². The van der Waals surface area contributed by atoms with E-state index < -0.39 is 0 Å². The van der Waals surface area contributed by atoms with Crippen LogP contribution >= 0.6 is 0 Å². The fourth-order valence-electron chi connectivity index (χ4n) is 3.99. The molecule has 0 aliphatic carbocycles. The molecule has 33 heavy (non-hydrogen) atoms. The molecule has 2 N–H and O–H groups in total. The maximum absolute atomic E-state index is 13.2. The van der Waals surface area contributed by atoms with Gasteiger partial charge in [-0.2, -0.15) is 0 Å². The van der Waals surface area contributed by atoms with E-state index in [1.807, 2.05) is 77.4 Å². The van der Waals surface area contributed by atoms with Gasteiger partial charge in [-0.05, 0) is 48.0 Å². The number of methoxy groups -OCH3 is 1. The molecule has 0 saturated carbocycles. The van der Waals surface area contributed by atoms with Crippen molar-refractivity contribution in [3.05, 3.63) is 102 Å². The van der Waals surface area contributed by atoms with Crippen molar-refractivity contribution < 1.29 is 14.4 Å². The number of rotatable bonds is 7. The van der Waals surface area contributed by atoms with Gasteiger partial charge in [0.25, 0.3) is 5.91 Å². The number of nitrogens with one attached hydrogen (secondary N) is 2. The standard InChI is InChI=1S/C26H24N4O3/c1-32-21-7-4-5-18(13-21)17-30-24-8-3-2-6-20(24)14-25(30)26(31)28-16-22-15-23(29-33-22)19-9-11-27-12-10-19/h2-15,22,29H,16-17H2,1H3,(H,28,31). The molecule has 5 rings (SSSR count). The highest BCUT2D eigenvalue weighted by atomic mass is 16.7. The van der Waals surface area contributed by atoms with Gasteiger partial charge in [-0.15, -0.1) is 0 Å². The molecule has 166 valence electrons. The molecule has 2 aromatic carbocycles. The van der Waals surface area contributed by atoms with E-state index in [1.165, 1.54) is 0 Å². The third-order valence-corrected chi connectivity index (χ3v) is 5.65. The predicted octanol–water partition coefficient (Wildman–Crippen LogP) is 3.77. The van der Waals surface area contributed by atoms with Crippen LogP contribution in [-0.2, 0) is 11.4 Å². The smallest absolute Gasteiger partial charge is 0.268 e. The topological polar surface area (TPSA) is 77.4 Å². The number of carbonyl (C=O) groups is 1. The van der Waals surface area contributed by atoms with Gasteiger partial charge < -0.3 is 14.6 Å². The Hall–Kier alpha value is -4.10. The second kappa shape index (κ2) is 9.18. The van der Waals surface area contributed by atoms with Crippen LogP contribution in [0.2, 0.25) is 0 Å². The summed E-state index contributed by atoms with van der Waals surface area (Å²) in [5, 5.41) is 4.03. The third kappa shape index (κ3) is 4.44. The fraction of sp³-hybridized carbons (Fsp3) is 0.154. The second-order valence-corrected chi connectivity index (χ2v) is 7.81. The Morgan fingerprint density at radius 1 is 1.12 bits per heavy atom. The normalized spacial score (nSPS) is 15.2. The Morgan fingerprint density at radius 2 is 1.97 bits per heavy atom. The number of para-hydroxylation sites is 1. The largest absolute Gasteiger partial charge is 0.497 e. The summed E-state index contributed by atoms with van der Waals surface area (Å²) in [6.07, 6.45) is 5.15. The summed E-state index contributed by atoms with van der Waals surface area (Å²) in [6, 6.07) is 21.6. The highest BCUT2D eigenvalue weighted by molar-refractivity contribution is 5.98. The van der Waals surface area contributed by atoms with Crippen LogP contribution in [0.1, 0.15) is 21.6 Å². The molecule has 0 saturated heterocycles. The van der Waals surface area contributed by atoms with Gasteiger partial charge in [-0.3, -0.25) is 20.1 Å². The van der Waals surface area contributed by atoms with Gasteiger partial charge in [0.05, 0.1) is 19.4 Å². The van der Waals surface area contributed by atoms with Crippen LogP contribution in [0, 0.1) is 0 Å². The molecule has 1 unspecified atom stereocenters. The zero-order chi connectivity index (χ0) is 22.6. The van der Waals surface area contributed by atoms with Gasteiger partial charge in [0.15, 0.2) is 0 Å². The Balaban J connectivity index is 1.35. The molecule has 7 nitrogen and oxygen atoms in total. The van der Waals surface area contributed by atoms with Crippen LogP contribution in [0.5, 0.6) is 5.75 Å². The lowest BCUT2D eigenvalue weighted by Gasteiger charge is -2.13. The van der Waals surface area contributed by atoms with Gasteiger partial charge in [0.1, 0.15) is 17.5 Å². The number of nitrogens with zero attached hydrogens (tertiary/aromatic N) is 2. The zero-order valence-corrected chi connectivity index (χ0v) is 18.2. The molecule has 4 aromatic rings. The van der Waals surface area contributed by atoms with Crippen molar-refractivity contribution in [2.24, 2.45) is 0 Å². The SMILES string of the molecule is COc1cccc(Cn2c(C(=O)NCC3C=C(c4ccncc4)NO3)cc3ccccc32)c1. The summed E-state index contributed by atoms with van der Waals surface area (Å²) in [4.78, 5) is 22.8. The molecule has 1 aliphatic heterocycles. The van der Waals surface area contributed by atoms with E-state index in [2.05, 4.69) is 15.8 Å². The Kier molecular flexibility index (Phi) is 5.78. The first kappa shape index (κ1) is 20.8. The first-order chi connectivity index (χ1) is 16.2. The maximum Gasteiger partial charge on any atom is 0.268 e. The Bertz CT molecular complexity index is 1310. The first-order valence-electron chi connectivity index (χ1n) is 10.7. The van der Waals surface area contributed by atoms with Crippen molar-refractivity contribution in [1.82, 2.24) is 20.3 Å². The van der Waals surface area contributed by atoms with Crippen molar-refractivity contribution in [2.75, 3.05) is 13.7 Å². The van der Waals surface area contributed by atoms with Gasteiger partial charge in [0.2, 0.25) is 0 Å². The Morgan fingerprint density at radius 3 is 2.82 bits per heavy atom. The highest BCUT2D eigenvalue weighted by Crippen LogP contribution is 2.23. The van der Waals surface area contributed by atoms with Crippen molar-refractivity contribution in [3.63, 3.8) is 0 Å². The lowest BCUT2D eigenvalue weighted by Crippen LogP contribution is -2.33. The molecular formula is C26H24N4O3. The molecule has 0 fully saturated rings. The number of amides is 1. The molecule has 1 atom stereocenters. The number of fused-ring (bicyclic) bond motifs is 1. The lowest BCUT2D eigenvalue weighted by molar-refractivity contribution is 0.0497. The van der Waals surface area contributed by atoms with E-state index in [-0.39, 0.29) is 12.0 Å². The molecule has 7 heteroatoms. The molecule has 0 spiro atoms. The maximum atomic E-state index is 13.2. The van der Waals surface area contributed by atoms with Crippen LogP contribution in [0.3, 0.4) is 0 Å². The molecular weight excluding hydrogens is 416 g/mol. The molecule has 1 aliphatic rings. The predicted molar refractivity (Wildman–Crippen MR) is 127 cm³/mol. The van der Waals surface area contributed by atoms with Gasteiger partial charge in [0, 0.05) is 35.4 Å². The number of hydrogen-bond acceptors (Lipinski definition) is 5. The van der Waals surface area contributed by atoms with Crippen molar-refractivity contribution in [2.45, 2.75) is 12.6 Å². The number of ether oxygens (including phenoxy) is 1. The van der Waals surface area contributed by atoms with Gasteiger partial charge >= 0.3 is 0 Å². The van der Waals surface area contributed by atoms with E-state index in [0.29, 0.717) is 18.8 Å². The average molecular weight is 441 g/mol. The monoisotopic (exact) mass is 440 g/mol. The van der Waals surface area contributed by atoms with Crippen LogP contribution in [0.25, 0.3) is 16.6 Å². The number of hydroxylamine groups is 1. The van der Waals surface area contributed by atoms with Crippen LogP contribution < -0.4 is 15.5 Å². The summed E-state index contributed by atoms with van der Waals surface area (Å²) in [5.74, 6) is 0.640. The van der Waals surface area contributed by atoms with E-state index in [1.54, 1.807) is 19.5 Å². The molecule has 1 amide bonds. The fourth-order valence-corrected chi connectivity index (χ4v) is 3.99. The van der Waals surface area contributed by atoms with E-state index in [0.717, 1.165) is 33.5 Å². The number of carbonyl (C=O) groups excluding carboxylic acids is 1. The van der Waals surface area contributed by atoms with Crippen molar-refractivity contribution in [3.8, 4) is 5.75 Å². The number of benzene rings is 2. The summed E-state index contributed by atoms with van der Waals surface area (Å²) in [6.45, 7) is 0.905. The minimum absolute atomic E-state index is 0.150. The van der Waals surface area contributed by atoms with E-state index in [9.17, 15) is 4.79 Å². The quantitative estimate of drug-likeness (QED) is 0.458. The number of hydrogen-bond donors (Lipinski definition) is 2. The zero-order valence-electron chi connectivity index (χ0n) is 18.2. The molecule has 2 aromatic heterocycles. The summed E-state index contributed by atoms with van der Waals surface area (Å²) in [7, 11) is 1.65. The Labute approximate surface area is 191 Å².